The number of likely N-dealkylation sites (N-methyl/N-ethyl adjacent to an activating group) is 1. The van der Waals surface area contributed by atoms with Gasteiger partial charge < -0.3 is 16.0 Å². The fraction of sp³-hybridized carbons (Fsp3) is 0.176. The van der Waals surface area contributed by atoms with Crippen LogP contribution >= 0.6 is 0 Å². The van der Waals surface area contributed by atoms with Crippen molar-refractivity contribution >= 4 is 23.3 Å². The summed E-state index contributed by atoms with van der Waals surface area (Å²) in [5, 5.41) is 11.8. The summed E-state index contributed by atoms with van der Waals surface area (Å²) in [4.78, 5) is 35.3. The van der Waals surface area contributed by atoms with Crippen molar-refractivity contribution in [3.63, 3.8) is 0 Å². The molecule has 0 aliphatic heterocycles. The lowest BCUT2D eigenvalue weighted by atomic mass is 10.2. The van der Waals surface area contributed by atoms with E-state index < -0.39 is 6.03 Å². The first-order valence-electron chi connectivity index (χ1n) is 7.95. The van der Waals surface area contributed by atoms with Gasteiger partial charge in [-0.2, -0.15) is 0 Å². The van der Waals surface area contributed by atoms with E-state index >= 15 is 0 Å². The van der Waals surface area contributed by atoms with E-state index in [9.17, 15) is 14.4 Å². The molecule has 9 nitrogen and oxygen atoms in total. The monoisotopic (exact) mass is 354 g/mol. The predicted octanol–water partition coefficient (Wildman–Crippen LogP) is 0.412. The Morgan fingerprint density at radius 1 is 1.15 bits per heavy atom. The van der Waals surface area contributed by atoms with Crippen molar-refractivity contribution in [2.24, 2.45) is 0 Å². The van der Waals surface area contributed by atoms with Crippen LogP contribution in [-0.2, 0) is 11.3 Å². The minimum atomic E-state index is -0.490. The van der Waals surface area contributed by atoms with Crippen molar-refractivity contribution in [1.82, 2.24) is 24.8 Å². The maximum Gasteiger partial charge on any atom is 0.350 e. The number of carbonyl (C=O) groups is 2. The van der Waals surface area contributed by atoms with Crippen LogP contribution in [0, 0.1) is 0 Å². The highest BCUT2D eigenvalue weighted by atomic mass is 16.2. The summed E-state index contributed by atoms with van der Waals surface area (Å²) in [5.41, 5.74) is 1.69. The van der Waals surface area contributed by atoms with Gasteiger partial charge in [0, 0.05) is 18.9 Å². The van der Waals surface area contributed by atoms with Crippen LogP contribution < -0.4 is 21.6 Å². The zero-order chi connectivity index (χ0) is 18.5. The van der Waals surface area contributed by atoms with Crippen LogP contribution in [0.15, 0.2) is 53.5 Å². The SMILES string of the molecule is CNC(=O)CNC(=O)Nc1cccc(Cn2nc3ccccn3c2=O)c1. The number of anilines is 1. The lowest BCUT2D eigenvalue weighted by molar-refractivity contribution is -0.119. The minimum Gasteiger partial charge on any atom is -0.358 e. The third kappa shape index (κ3) is 3.89. The molecule has 0 aliphatic carbocycles. The van der Waals surface area contributed by atoms with Gasteiger partial charge in [0.2, 0.25) is 5.91 Å². The number of benzene rings is 1. The van der Waals surface area contributed by atoms with Crippen molar-refractivity contribution in [3.05, 3.63) is 64.7 Å². The molecule has 0 saturated heterocycles. The molecule has 3 N–H and O–H groups in total. The molecule has 0 aliphatic rings. The lowest BCUT2D eigenvalue weighted by Gasteiger charge is -2.08. The minimum absolute atomic E-state index is 0.112. The smallest absolute Gasteiger partial charge is 0.350 e. The van der Waals surface area contributed by atoms with Crippen LogP contribution in [0.1, 0.15) is 5.56 Å². The Bertz CT molecular complexity index is 1010. The molecule has 0 saturated carbocycles. The fourth-order valence-electron chi connectivity index (χ4n) is 2.42. The van der Waals surface area contributed by atoms with E-state index in [1.54, 1.807) is 36.5 Å². The van der Waals surface area contributed by atoms with Gasteiger partial charge in [-0.15, -0.1) is 5.10 Å². The average Bonchev–Trinajstić information content (AvgIpc) is 2.96. The van der Waals surface area contributed by atoms with Crippen molar-refractivity contribution in [2.45, 2.75) is 6.54 Å². The molecule has 9 heteroatoms. The highest BCUT2D eigenvalue weighted by molar-refractivity contribution is 5.92. The molecule has 0 fully saturated rings. The number of pyridine rings is 1. The molecule has 3 amide bonds. The molecule has 134 valence electrons. The van der Waals surface area contributed by atoms with Gasteiger partial charge in [-0.25, -0.2) is 14.3 Å². The van der Waals surface area contributed by atoms with Crippen LogP contribution in [0.25, 0.3) is 5.65 Å². The predicted molar refractivity (Wildman–Crippen MR) is 96.1 cm³/mol. The van der Waals surface area contributed by atoms with Gasteiger partial charge in [0.1, 0.15) is 0 Å². The molecule has 0 radical (unpaired) electrons. The van der Waals surface area contributed by atoms with Crippen molar-refractivity contribution in [1.29, 1.82) is 0 Å². The molecule has 0 spiro atoms. The second kappa shape index (κ2) is 7.51. The Morgan fingerprint density at radius 2 is 2.00 bits per heavy atom. The van der Waals surface area contributed by atoms with Gasteiger partial charge in [-0.1, -0.05) is 18.2 Å². The summed E-state index contributed by atoms with van der Waals surface area (Å²) in [6.45, 7) is 0.161. The second-order valence-electron chi connectivity index (χ2n) is 5.55. The lowest BCUT2D eigenvalue weighted by Crippen LogP contribution is -2.37. The van der Waals surface area contributed by atoms with Gasteiger partial charge in [0.05, 0.1) is 13.1 Å². The molecule has 1 aromatic carbocycles. The fourth-order valence-corrected chi connectivity index (χ4v) is 2.42. The van der Waals surface area contributed by atoms with Crippen LogP contribution in [-0.4, -0.2) is 39.7 Å². The van der Waals surface area contributed by atoms with Crippen molar-refractivity contribution in [2.75, 3.05) is 18.9 Å². The molecule has 0 atom stereocenters. The van der Waals surface area contributed by atoms with Crippen LogP contribution in [0.2, 0.25) is 0 Å². The Balaban J connectivity index is 1.71. The normalized spacial score (nSPS) is 10.5. The van der Waals surface area contributed by atoms with Crippen LogP contribution in [0.3, 0.4) is 0 Å². The topological polar surface area (TPSA) is 110 Å². The van der Waals surface area contributed by atoms with Gasteiger partial charge >= 0.3 is 11.7 Å². The maximum absolute atomic E-state index is 12.3. The van der Waals surface area contributed by atoms with E-state index in [0.29, 0.717) is 11.3 Å². The Hall–Kier alpha value is -3.62. The van der Waals surface area contributed by atoms with Crippen LogP contribution in [0.4, 0.5) is 10.5 Å². The number of carbonyl (C=O) groups excluding carboxylic acids is 2. The van der Waals surface area contributed by atoms with Gasteiger partial charge in [-0.3, -0.25) is 9.20 Å². The maximum atomic E-state index is 12.3. The number of nitrogens with zero attached hydrogens (tertiary/aromatic N) is 3. The molecule has 3 rings (SSSR count). The summed E-state index contributed by atoms with van der Waals surface area (Å²) >= 11 is 0. The van der Waals surface area contributed by atoms with Crippen molar-refractivity contribution in [3.8, 4) is 0 Å². The summed E-state index contributed by atoms with van der Waals surface area (Å²) in [7, 11) is 1.49. The number of hydrogen-bond acceptors (Lipinski definition) is 4. The Kier molecular flexibility index (Phi) is 4.97. The largest absolute Gasteiger partial charge is 0.358 e. The van der Waals surface area contributed by atoms with Crippen LogP contribution in [0.5, 0.6) is 0 Å². The molecule has 2 heterocycles. The zero-order valence-corrected chi connectivity index (χ0v) is 14.1. The number of aromatic nitrogens is 3. The first-order chi connectivity index (χ1) is 12.6. The van der Waals surface area contributed by atoms with Gasteiger partial charge in [0.25, 0.3) is 0 Å². The summed E-state index contributed by atoms with van der Waals surface area (Å²) in [5.74, 6) is -0.292. The Labute approximate surface area is 148 Å². The second-order valence-corrected chi connectivity index (χ2v) is 5.55. The van der Waals surface area contributed by atoms with E-state index in [-0.39, 0.29) is 24.7 Å². The number of amides is 3. The van der Waals surface area contributed by atoms with E-state index in [1.165, 1.54) is 16.1 Å². The zero-order valence-electron chi connectivity index (χ0n) is 14.1. The van der Waals surface area contributed by atoms with E-state index in [0.717, 1.165) is 5.56 Å². The first kappa shape index (κ1) is 17.2. The van der Waals surface area contributed by atoms with Crippen molar-refractivity contribution < 1.29 is 9.59 Å². The number of rotatable bonds is 5. The quantitative estimate of drug-likeness (QED) is 0.616. The third-order valence-corrected chi connectivity index (χ3v) is 3.69. The molecule has 0 unspecified atom stereocenters. The molecule has 26 heavy (non-hydrogen) atoms. The van der Waals surface area contributed by atoms with Gasteiger partial charge in [0.15, 0.2) is 5.65 Å². The summed E-state index contributed by atoms with van der Waals surface area (Å²) in [6, 6.07) is 11.9. The number of nitrogens with one attached hydrogen (secondary N) is 3. The third-order valence-electron chi connectivity index (χ3n) is 3.69. The molecular weight excluding hydrogens is 336 g/mol. The Morgan fingerprint density at radius 3 is 2.77 bits per heavy atom. The average molecular weight is 354 g/mol. The van der Waals surface area contributed by atoms with E-state index in [2.05, 4.69) is 21.0 Å². The molecular formula is C17H18N6O3. The first-order valence-corrected chi connectivity index (χ1v) is 7.95. The standard InChI is InChI=1S/C17H18N6O3/c1-18-15(24)10-19-16(25)20-13-6-4-5-12(9-13)11-23-17(26)22-8-3-2-7-14(22)21-23/h2-9H,10-11H2,1H3,(H,18,24)(H2,19,20,25). The van der Waals surface area contributed by atoms with Gasteiger partial charge in [-0.05, 0) is 29.8 Å². The summed E-state index contributed by atoms with van der Waals surface area (Å²) in [6.07, 6.45) is 1.66. The van der Waals surface area contributed by atoms with E-state index in [4.69, 9.17) is 0 Å². The number of hydrogen-bond donors (Lipinski definition) is 3. The molecule has 0 bridgehead atoms. The molecule has 2 aromatic heterocycles. The highest BCUT2D eigenvalue weighted by Gasteiger charge is 2.08. The number of fused-ring (bicyclic) bond motifs is 1. The highest BCUT2D eigenvalue weighted by Crippen LogP contribution is 2.11. The number of urea groups is 1. The molecule has 3 aromatic rings. The van der Waals surface area contributed by atoms with E-state index in [1.807, 2.05) is 12.1 Å². The summed E-state index contributed by atoms with van der Waals surface area (Å²) < 4.78 is 2.83.